The highest BCUT2D eigenvalue weighted by molar-refractivity contribution is 8.00. The van der Waals surface area contributed by atoms with Gasteiger partial charge in [-0.05, 0) is 19.1 Å². The Kier molecular flexibility index (Phi) is 5.22. The molecule has 8 heteroatoms. The lowest BCUT2D eigenvalue weighted by Gasteiger charge is -2.35. The maximum absolute atomic E-state index is 11.2. The topological polar surface area (TPSA) is 93.0 Å². The highest BCUT2D eigenvalue weighted by atomic mass is 32.2. The molecule has 0 radical (unpaired) electrons. The second-order valence-corrected chi connectivity index (χ2v) is 6.50. The van der Waals surface area contributed by atoms with Gasteiger partial charge in [0.15, 0.2) is 0 Å². The van der Waals surface area contributed by atoms with Crippen molar-refractivity contribution in [3.05, 3.63) is 16.4 Å². The molecule has 116 valence electrons. The van der Waals surface area contributed by atoms with Crippen LogP contribution in [-0.4, -0.2) is 39.5 Å². The first kappa shape index (κ1) is 15.8. The van der Waals surface area contributed by atoms with Gasteiger partial charge in [-0.15, -0.1) is 0 Å². The van der Waals surface area contributed by atoms with E-state index in [0.717, 1.165) is 12.8 Å². The summed E-state index contributed by atoms with van der Waals surface area (Å²) in [5.74, 6) is 0.526. The number of anilines is 2. The van der Waals surface area contributed by atoms with E-state index in [0.29, 0.717) is 12.4 Å². The van der Waals surface area contributed by atoms with Crippen LogP contribution in [0.3, 0.4) is 0 Å². The molecule has 1 aliphatic rings. The SMILES string of the molecule is CNc1ncnc(NCC2(SC)CCCCC2)c1[N+](=O)[O-]. The van der Waals surface area contributed by atoms with E-state index in [-0.39, 0.29) is 16.3 Å². The zero-order valence-electron chi connectivity index (χ0n) is 12.4. The van der Waals surface area contributed by atoms with Crippen molar-refractivity contribution >= 4 is 29.1 Å². The molecule has 1 aromatic rings. The molecule has 1 heterocycles. The number of hydrogen-bond donors (Lipinski definition) is 2. The van der Waals surface area contributed by atoms with Crippen molar-refractivity contribution in [2.24, 2.45) is 0 Å². The number of hydrogen-bond acceptors (Lipinski definition) is 7. The third-order valence-corrected chi connectivity index (χ3v) is 5.44. The van der Waals surface area contributed by atoms with E-state index < -0.39 is 4.92 Å². The molecule has 2 N–H and O–H groups in total. The van der Waals surface area contributed by atoms with Crippen molar-refractivity contribution in [2.45, 2.75) is 36.9 Å². The van der Waals surface area contributed by atoms with Crippen molar-refractivity contribution < 1.29 is 4.92 Å². The van der Waals surface area contributed by atoms with Crippen molar-refractivity contribution in [3.63, 3.8) is 0 Å². The molecule has 1 aromatic heterocycles. The van der Waals surface area contributed by atoms with Crippen LogP contribution in [0.5, 0.6) is 0 Å². The molecule has 1 aliphatic carbocycles. The summed E-state index contributed by atoms with van der Waals surface area (Å²) < 4.78 is 0.150. The second kappa shape index (κ2) is 6.93. The number of rotatable bonds is 6. The van der Waals surface area contributed by atoms with E-state index in [1.807, 2.05) is 11.8 Å². The molecule has 2 rings (SSSR count). The third-order valence-electron chi connectivity index (χ3n) is 4.02. The van der Waals surface area contributed by atoms with Crippen LogP contribution < -0.4 is 10.6 Å². The van der Waals surface area contributed by atoms with Gasteiger partial charge in [-0.3, -0.25) is 10.1 Å². The normalized spacial score (nSPS) is 17.2. The van der Waals surface area contributed by atoms with Gasteiger partial charge in [0.05, 0.1) is 4.92 Å². The van der Waals surface area contributed by atoms with E-state index in [1.54, 1.807) is 7.05 Å². The zero-order valence-corrected chi connectivity index (χ0v) is 13.2. The number of thioether (sulfide) groups is 1. The van der Waals surface area contributed by atoms with Crippen LogP contribution in [0, 0.1) is 10.1 Å². The smallest absolute Gasteiger partial charge is 0.353 e. The molecule has 0 amide bonds. The van der Waals surface area contributed by atoms with Crippen LogP contribution in [0.25, 0.3) is 0 Å². The zero-order chi connectivity index (χ0) is 15.3. The molecule has 7 nitrogen and oxygen atoms in total. The molecule has 21 heavy (non-hydrogen) atoms. The van der Waals surface area contributed by atoms with Gasteiger partial charge in [-0.2, -0.15) is 11.8 Å². The van der Waals surface area contributed by atoms with Gasteiger partial charge in [0.1, 0.15) is 6.33 Å². The number of aromatic nitrogens is 2. The predicted molar refractivity (Wildman–Crippen MR) is 86.1 cm³/mol. The lowest BCUT2D eigenvalue weighted by molar-refractivity contribution is -0.383. The fourth-order valence-corrected chi connectivity index (χ4v) is 3.67. The Morgan fingerprint density at radius 1 is 1.33 bits per heavy atom. The summed E-state index contributed by atoms with van der Waals surface area (Å²) in [6, 6.07) is 0. The Morgan fingerprint density at radius 3 is 2.57 bits per heavy atom. The molecule has 0 aliphatic heterocycles. The molecule has 0 saturated heterocycles. The van der Waals surface area contributed by atoms with E-state index >= 15 is 0 Å². The van der Waals surface area contributed by atoms with E-state index in [1.165, 1.54) is 25.6 Å². The average molecular weight is 311 g/mol. The Labute approximate surface area is 128 Å². The summed E-state index contributed by atoms with van der Waals surface area (Å²) in [6.45, 7) is 0.690. The maximum atomic E-state index is 11.2. The molecule has 0 unspecified atom stereocenters. The quantitative estimate of drug-likeness (QED) is 0.616. The van der Waals surface area contributed by atoms with E-state index in [2.05, 4.69) is 26.9 Å². The van der Waals surface area contributed by atoms with Gasteiger partial charge in [0, 0.05) is 18.3 Å². The van der Waals surface area contributed by atoms with Crippen molar-refractivity contribution in [3.8, 4) is 0 Å². The highest BCUT2D eigenvalue weighted by Gasteiger charge is 2.32. The van der Waals surface area contributed by atoms with Gasteiger partial charge in [-0.25, -0.2) is 9.97 Å². The number of nitro groups is 1. The minimum Gasteiger partial charge on any atom is -0.367 e. The van der Waals surface area contributed by atoms with Crippen LogP contribution in [0.2, 0.25) is 0 Å². The fourth-order valence-electron chi connectivity index (χ4n) is 2.76. The van der Waals surface area contributed by atoms with Crippen molar-refractivity contribution in [1.29, 1.82) is 0 Å². The van der Waals surface area contributed by atoms with E-state index in [9.17, 15) is 10.1 Å². The Hall–Kier alpha value is -1.57. The Morgan fingerprint density at radius 2 is 2.00 bits per heavy atom. The summed E-state index contributed by atoms with van der Waals surface area (Å²) in [6.07, 6.45) is 9.44. The van der Waals surface area contributed by atoms with Crippen molar-refractivity contribution in [1.82, 2.24) is 9.97 Å². The van der Waals surface area contributed by atoms with Gasteiger partial charge in [0.25, 0.3) is 0 Å². The molecular weight excluding hydrogens is 290 g/mol. The Balaban J connectivity index is 2.17. The first-order chi connectivity index (χ1) is 10.1. The van der Waals surface area contributed by atoms with Crippen LogP contribution >= 0.6 is 11.8 Å². The molecule has 0 aromatic carbocycles. The predicted octanol–water partition coefficient (Wildman–Crippen LogP) is 2.90. The van der Waals surface area contributed by atoms with Gasteiger partial charge < -0.3 is 10.6 Å². The van der Waals surface area contributed by atoms with Gasteiger partial charge in [0.2, 0.25) is 11.6 Å². The van der Waals surface area contributed by atoms with E-state index in [4.69, 9.17) is 0 Å². The maximum Gasteiger partial charge on any atom is 0.353 e. The van der Waals surface area contributed by atoms with Crippen LogP contribution in [0.15, 0.2) is 6.33 Å². The lowest BCUT2D eigenvalue weighted by Crippen LogP contribution is -2.35. The molecular formula is C13H21N5O2S. The molecule has 0 bridgehead atoms. The van der Waals surface area contributed by atoms with Crippen LogP contribution in [0.4, 0.5) is 17.3 Å². The summed E-state index contributed by atoms with van der Waals surface area (Å²) >= 11 is 1.85. The Bertz CT molecular complexity index is 505. The average Bonchev–Trinajstić information content (AvgIpc) is 2.53. The molecule has 0 spiro atoms. The first-order valence-electron chi connectivity index (χ1n) is 7.08. The molecule has 1 saturated carbocycles. The minimum atomic E-state index is -0.444. The highest BCUT2D eigenvalue weighted by Crippen LogP contribution is 2.39. The van der Waals surface area contributed by atoms with Crippen LogP contribution in [0.1, 0.15) is 32.1 Å². The summed E-state index contributed by atoms with van der Waals surface area (Å²) in [5.41, 5.74) is -0.0907. The summed E-state index contributed by atoms with van der Waals surface area (Å²) in [4.78, 5) is 18.7. The van der Waals surface area contributed by atoms with Crippen molar-refractivity contribution in [2.75, 3.05) is 30.5 Å². The standard InChI is InChI=1S/C13H21N5O2S/c1-14-11-10(18(19)20)12(17-9-16-11)15-8-13(21-2)6-4-3-5-7-13/h9H,3-8H2,1-2H3,(H2,14,15,16,17). The second-order valence-electron chi connectivity index (χ2n) is 5.23. The van der Waals surface area contributed by atoms with Crippen LogP contribution in [-0.2, 0) is 0 Å². The monoisotopic (exact) mass is 311 g/mol. The molecule has 1 fully saturated rings. The minimum absolute atomic E-state index is 0.0907. The lowest BCUT2D eigenvalue weighted by atomic mass is 9.88. The fraction of sp³-hybridized carbons (Fsp3) is 0.692. The third kappa shape index (κ3) is 3.55. The van der Waals surface area contributed by atoms with Gasteiger partial charge >= 0.3 is 5.69 Å². The largest absolute Gasteiger partial charge is 0.367 e. The first-order valence-corrected chi connectivity index (χ1v) is 8.30. The number of nitrogens with one attached hydrogen (secondary N) is 2. The molecule has 0 atom stereocenters. The summed E-state index contributed by atoms with van der Waals surface area (Å²) in [7, 11) is 1.61. The summed E-state index contributed by atoms with van der Waals surface area (Å²) in [5, 5.41) is 17.2. The van der Waals surface area contributed by atoms with Gasteiger partial charge in [-0.1, -0.05) is 19.3 Å². The number of nitrogens with zero attached hydrogens (tertiary/aromatic N) is 3.